The van der Waals surface area contributed by atoms with Gasteiger partial charge in [0.15, 0.2) is 11.5 Å². The second-order valence-corrected chi connectivity index (χ2v) is 7.61. The predicted molar refractivity (Wildman–Crippen MR) is 113 cm³/mol. The van der Waals surface area contributed by atoms with E-state index in [9.17, 15) is 9.18 Å². The molecule has 3 aromatic rings. The number of H-pyrrole nitrogens is 1. The molecule has 1 unspecified atom stereocenters. The molecule has 158 valence electrons. The number of nitrogens with zero attached hydrogens (tertiary/aromatic N) is 3. The molecule has 0 saturated carbocycles. The number of carbonyl (C=O) groups excluding carboxylic acids is 1. The number of methoxy groups -OCH3 is 1. The van der Waals surface area contributed by atoms with Crippen LogP contribution in [0, 0.1) is 5.82 Å². The number of hydrogen-bond donors (Lipinski definition) is 2. The number of aromatic amines is 1. The molecule has 0 aliphatic carbocycles. The summed E-state index contributed by atoms with van der Waals surface area (Å²) in [7, 11) is 1.61. The lowest BCUT2D eigenvalue weighted by Gasteiger charge is -2.32. The number of fused-ring (bicyclic) bond motifs is 1. The quantitative estimate of drug-likeness (QED) is 0.622. The molecule has 30 heavy (non-hydrogen) atoms. The molecule has 1 aromatic carbocycles. The van der Waals surface area contributed by atoms with Crippen LogP contribution in [0.5, 0.6) is 0 Å². The van der Waals surface area contributed by atoms with E-state index in [1.54, 1.807) is 19.2 Å². The van der Waals surface area contributed by atoms with E-state index >= 15 is 0 Å². The monoisotopic (exact) mass is 411 g/mol. The van der Waals surface area contributed by atoms with Gasteiger partial charge < -0.3 is 15.0 Å². The van der Waals surface area contributed by atoms with Gasteiger partial charge in [0.1, 0.15) is 5.82 Å². The molecule has 1 atom stereocenters. The summed E-state index contributed by atoms with van der Waals surface area (Å²) >= 11 is 0. The van der Waals surface area contributed by atoms with E-state index in [1.807, 2.05) is 17.0 Å². The van der Waals surface area contributed by atoms with Crippen LogP contribution in [0.4, 0.5) is 10.2 Å². The molecule has 8 heteroatoms. The Balaban J connectivity index is 1.43. The lowest BCUT2D eigenvalue weighted by Crippen LogP contribution is -2.39. The SMILES string of the molecule is COCCC(=O)N1CCCC(c2ccc3c(NCc4ccc(F)cc4)n[nH]c3n2)C1. The van der Waals surface area contributed by atoms with Crippen LogP contribution >= 0.6 is 0 Å². The highest BCUT2D eigenvalue weighted by atomic mass is 19.1. The number of anilines is 1. The first-order valence-corrected chi connectivity index (χ1v) is 10.2. The van der Waals surface area contributed by atoms with E-state index < -0.39 is 0 Å². The van der Waals surface area contributed by atoms with E-state index in [2.05, 4.69) is 15.5 Å². The van der Waals surface area contributed by atoms with Gasteiger partial charge in [0.25, 0.3) is 0 Å². The molecular formula is C22H26FN5O2. The number of halogens is 1. The zero-order valence-electron chi connectivity index (χ0n) is 17.0. The Labute approximate surface area is 174 Å². The molecule has 2 aromatic heterocycles. The number of likely N-dealkylation sites (tertiary alicyclic amines) is 1. The van der Waals surface area contributed by atoms with Crippen molar-refractivity contribution in [1.29, 1.82) is 0 Å². The number of hydrogen-bond acceptors (Lipinski definition) is 5. The fourth-order valence-corrected chi connectivity index (χ4v) is 3.86. The molecule has 1 aliphatic rings. The van der Waals surface area contributed by atoms with Crippen molar-refractivity contribution in [3.05, 3.63) is 53.5 Å². The molecule has 1 saturated heterocycles. The number of carbonyl (C=O) groups is 1. The third kappa shape index (κ3) is 4.59. The van der Waals surface area contributed by atoms with E-state index in [4.69, 9.17) is 9.72 Å². The standard InChI is InChI=1S/C22H26FN5O2/c1-30-12-10-20(29)28-11-2-3-16(14-28)19-9-8-18-21(26-27-22(18)25-19)24-13-15-4-6-17(23)7-5-15/h4-9,16H,2-3,10-14H2,1H3,(H2,24,25,26,27). The topological polar surface area (TPSA) is 83.1 Å². The fraction of sp³-hybridized carbons (Fsp3) is 0.409. The number of benzene rings is 1. The van der Waals surface area contributed by atoms with Crippen molar-refractivity contribution < 1.29 is 13.9 Å². The Hall–Kier alpha value is -3.00. The van der Waals surface area contributed by atoms with Crippen LogP contribution in [0.15, 0.2) is 36.4 Å². The van der Waals surface area contributed by atoms with Crippen LogP contribution in [0.3, 0.4) is 0 Å². The lowest BCUT2D eigenvalue weighted by atomic mass is 9.94. The Morgan fingerprint density at radius 1 is 1.30 bits per heavy atom. The highest BCUT2D eigenvalue weighted by Gasteiger charge is 2.25. The smallest absolute Gasteiger partial charge is 0.224 e. The molecule has 1 aliphatic heterocycles. The summed E-state index contributed by atoms with van der Waals surface area (Å²) in [4.78, 5) is 19.0. The molecule has 2 N–H and O–H groups in total. The molecule has 3 heterocycles. The van der Waals surface area contributed by atoms with Gasteiger partial charge in [-0.05, 0) is 42.7 Å². The van der Waals surface area contributed by atoms with Gasteiger partial charge in [-0.3, -0.25) is 9.89 Å². The maximum absolute atomic E-state index is 13.0. The summed E-state index contributed by atoms with van der Waals surface area (Å²) in [6.07, 6.45) is 2.40. The largest absolute Gasteiger partial charge is 0.384 e. The van der Waals surface area contributed by atoms with Crippen LogP contribution in [0.2, 0.25) is 0 Å². The van der Waals surface area contributed by atoms with E-state index in [-0.39, 0.29) is 17.6 Å². The first-order valence-electron chi connectivity index (χ1n) is 10.2. The van der Waals surface area contributed by atoms with Gasteiger partial charge in [0.05, 0.1) is 18.4 Å². The summed E-state index contributed by atoms with van der Waals surface area (Å²) in [6, 6.07) is 10.4. The van der Waals surface area contributed by atoms with Crippen molar-refractivity contribution in [3.8, 4) is 0 Å². The number of ether oxygens (including phenoxy) is 1. The first-order chi connectivity index (χ1) is 14.6. The number of piperidine rings is 1. The fourth-order valence-electron chi connectivity index (χ4n) is 3.86. The van der Waals surface area contributed by atoms with Crippen molar-refractivity contribution in [2.75, 3.05) is 32.1 Å². The minimum atomic E-state index is -0.248. The van der Waals surface area contributed by atoms with Gasteiger partial charge in [-0.1, -0.05) is 12.1 Å². The molecule has 0 radical (unpaired) electrons. The first kappa shape index (κ1) is 20.3. The Bertz CT molecular complexity index is 1000. The number of rotatable bonds is 7. The average Bonchev–Trinajstić information content (AvgIpc) is 3.19. The molecule has 4 rings (SSSR count). The highest BCUT2D eigenvalue weighted by Crippen LogP contribution is 2.28. The zero-order valence-corrected chi connectivity index (χ0v) is 17.0. The lowest BCUT2D eigenvalue weighted by molar-refractivity contribution is -0.133. The summed E-state index contributed by atoms with van der Waals surface area (Å²) < 4.78 is 18.1. The number of pyridine rings is 1. The average molecular weight is 411 g/mol. The molecule has 0 spiro atoms. The van der Waals surface area contributed by atoms with Crippen molar-refractivity contribution in [2.45, 2.75) is 31.7 Å². The van der Waals surface area contributed by atoms with Crippen molar-refractivity contribution in [3.63, 3.8) is 0 Å². The minimum Gasteiger partial charge on any atom is -0.384 e. The third-order valence-corrected chi connectivity index (χ3v) is 5.53. The van der Waals surface area contributed by atoms with Crippen molar-refractivity contribution >= 4 is 22.8 Å². The van der Waals surface area contributed by atoms with E-state index in [1.165, 1.54) is 12.1 Å². The summed E-state index contributed by atoms with van der Waals surface area (Å²) in [5, 5.41) is 11.5. The summed E-state index contributed by atoms with van der Waals surface area (Å²) in [5.41, 5.74) is 2.66. The molecule has 0 bridgehead atoms. The predicted octanol–water partition coefficient (Wildman–Crippen LogP) is 3.45. The van der Waals surface area contributed by atoms with Crippen LogP contribution < -0.4 is 5.32 Å². The van der Waals surface area contributed by atoms with Gasteiger partial charge >= 0.3 is 0 Å². The van der Waals surface area contributed by atoms with Gasteiger partial charge in [-0.2, -0.15) is 5.10 Å². The van der Waals surface area contributed by atoms with Gasteiger partial charge in [-0.15, -0.1) is 0 Å². The van der Waals surface area contributed by atoms with Gasteiger partial charge in [0.2, 0.25) is 5.91 Å². The summed E-state index contributed by atoms with van der Waals surface area (Å²) in [5.74, 6) is 0.820. The van der Waals surface area contributed by atoms with Gasteiger partial charge in [-0.25, -0.2) is 9.37 Å². The van der Waals surface area contributed by atoms with Crippen molar-refractivity contribution in [2.24, 2.45) is 0 Å². The maximum Gasteiger partial charge on any atom is 0.224 e. The van der Waals surface area contributed by atoms with E-state index in [0.29, 0.717) is 31.9 Å². The Morgan fingerprint density at radius 3 is 2.93 bits per heavy atom. The maximum atomic E-state index is 13.0. The van der Waals surface area contributed by atoms with Crippen LogP contribution in [0.25, 0.3) is 11.0 Å². The van der Waals surface area contributed by atoms with Crippen molar-refractivity contribution in [1.82, 2.24) is 20.1 Å². The zero-order chi connectivity index (χ0) is 20.9. The van der Waals surface area contributed by atoms with Crippen LogP contribution in [-0.2, 0) is 16.1 Å². The number of amides is 1. The molecule has 1 amide bonds. The molecule has 1 fully saturated rings. The van der Waals surface area contributed by atoms with E-state index in [0.717, 1.165) is 41.7 Å². The van der Waals surface area contributed by atoms with Gasteiger partial charge in [0, 0.05) is 38.4 Å². The number of nitrogens with one attached hydrogen (secondary N) is 2. The van der Waals surface area contributed by atoms with Crippen LogP contribution in [-0.4, -0.2) is 52.8 Å². The van der Waals surface area contributed by atoms with Crippen LogP contribution in [0.1, 0.15) is 36.4 Å². The summed E-state index contributed by atoms with van der Waals surface area (Å²) in [6.45, 7) is 2.48. The molecule has 7 nitrogen and oxygen atoms in total. The Morgan fingerprint density at radius 2 is 2.13 bits per heavy atom. The third-order valence-electron chi connectivity index (χ3n) is 5.53. The highest BCUT2D eigenvalue weighted by molar-refractivity contribution is 5.87. The molecular weight excluding hydrogens is 385 g/mol. The number of aromatic nitrogens is 3. The normalized spacial score (nSPS) is 16.7. The second-order valence-electron chi connectivity index (χ2n) is 7.61. The Kier molecular flexibility index (Phi) is 6.23. The minimum absolute atomic E-state index is 0.136. The second kappa shape index (κ2) is 9.21.